The minimum atomic E-state index is 1.25. The Morgan fingerprint density at radius 2 is 1.45 bits per heavy atom. The monoisotopic (exact) mass is 284 g/mol. The Bertz CT molecular complexity index is 999. The Kier molecular flexibility index (Phi) is 2.93. The number of nitrogens with zero attached hydrogens (tertiary/aromatic N) is 1. The molecule has 1 heterocycles. The van der Waals surface area contributed by atoms with E-state index in [9.17, 15) is 0 Å². The summed E-state index contributed by atoms with van der Waals surface area (Å²) >= 11 is 0. The van der Waals surface area contributed by atoms with E-state index in [0.717, 1.165) is 0 Å². The fourth-order valence-electron chi connectivity index (χ4n) is 3.32. The van der Waals surface area contributed by atoms with Crippen LogP contribution in [0.4, 0.5) is 0 Å². The molecule has 106 valence electrons. The molecule has 0 saturated heterocycles. The summed E-state index contributed by atoms with van der Waals surface area (Å²) < 4.78 is 2.19. The van der Waals surface area contributed by atoms with E-state index < -0.39 is 0 Å². The second-order valence-corrected chi connectivity index (χ2v) is 5.84. The summed E-state index contributed by atoms with van der Waals surface area (Å²) in [5, 5.41) is 5.25. The van der Waals surface area contributed by atoms with Crippen molar-refractivity contribution in [1.82, 2.24) is 0 Å². The number of rotatable bonds is 1. The van der Waals surface area contributed by atoms with E-state index in [1.54, 1.807) is 0 Å². The Morgan fingerprint density at radius 1 is 0.682 bits per heavy atom. The first kappa shape index (κ1) is 13.0. The van der Waals surface area contributed by atoms with E-state index in [4.69, 9.17) is 0 Å². The molecule has 0 aliphatic carbocycles. The number of aromatic nitrogens is 1. The van der Waals surface area contributed by atoms with Crippen molar-refractivity contribution in [3.8, 4) is 11.3 Å². The minimum Gasteiger partial charge on any atom is -0.201 e. The molecule has 0 unspecified atom stereocenters. The second kappa shape index (κ2) is 4.96. The molecule has 0 atom stereocenters. The highest BCUT2D eigenvalue weighted by Gasteiger charge is 2.15. The van der Waals surface area contributed by atoms with E-state index in [-0.39, 0.29) is 0 Å². The molecule has 0 N–H and O–H groups in total. The molecule has 0 fully saturated rings. The van der Waals surface area contributed by atoms with Gasteiger partial charge in [0.1, 0.15) is 7.05 Å². The van der Waals surface area contributed by atoms with Crippen molar-refractivity contribution in [3.63, 3.8) is 0 Å². The second-order valence-electron chi connectivity index (χ2n) is 5.84. The Labute approximate surface area is 130 Å². The molecule has 0 spiro atoms. The summed E-state index contributed by atoms with van der Waals surface area (Å²) in [7, 11) is 2.11. The van der Waals surface area contributed by atoms with Crippen LogP contribution in [0.3, 0.4) is 0 Å². The number of hydrogen-bond acceptors (Lipinski definition) is 0. The third-order valence-electron chi connectivity index (χ3n) is 4.45. The molecule has 4 aromatic rings. The zero-order valence-corrected chi connectivity index (χ0v) is 12.9. The quantitative estimate of drug-likeness (QED) is 0.349. The molecule has 1 heteroatoms. The fraction of sp³-hybridized carbons (Fsp3) is 0.0952. The van der Waals surface area contributed by atoms with Crippen LogP contribution in [0, 0.1) is 6.92 Å². The van der Waals surface area contributed by atoms with Gasteiger partial charge >= 0.3 is 0 Å². The normalized spacial score (nSPS) is 11.2. The molecule has 1 nitrogen and oxygen atoms in total. The average molecular weight is 284 g/mol. The average Bonchev–Trinajstić information content (AvgIpc) is 2.55. The molecule has 22 heavy (non-hydrogen) atoms. The first-order valence-corrected chi connectivity index (χ1v) is 7.62. The van der Waals surface area contributed by atoms with E-state index in [1.807, 2.05) is 0 Å². The van der Waals surface area contributed by atoms with Crippen molar-refractivity contribution in [1.29, 1.82) is 0 Å². The maximum absolute atomic E-state index is 2.26. The number of hydrogen-bond donors (Lipinski definition) is 0. The lowest BCUT2D eigenvalue weighted by molar-refractivity contribution is -0.660. The van der Waals surface area contributed by atoms with Gasteiger partial charge in [0.2, 0.25) is 5.69 Å². The number of benzene rings is 3. The van der Waals surface area contributed by atoms with Crippen LogP contribution < -0.4 is 4.57 Å². The van der Waals surface area contributed by atoms with Crippen molar-refractivity contribution in [2.75, 3.05) is 0 Å². The molecule has 0 bridgehead atoms. The molecule has 1 aromatic heterocycles. The van der Waals surface area contributed by atoms with Gasteiger partial charge in [-0.15, -0.1) is 0 Å². The Hall–Kier alpha value is -2.67. The van der Waals surface area contributed by atoms with Crippen molar-refractivity contribution in [2.45, 2.75) is 6.92 Å². The van der Waals surface area contributed by atoms with Gasteiger partial charge in [0, 0.05) is 12.1 Å². The molecule has 0 radical (unpaired) electrons. The summed E-state index contributed by atoms with van der Waals surface area (Å²) in [6.07, 6.45) is 2.11. The zero-order valence-electron chi connectivity index (χ0n) is 12.9. The van der Waals surface area contributed by atoms with Crippen LogP contribution in [0.25, 0.3) is 32.8 Å². The predicted molar refractivity (Wildman–Crippen MR) is 92.8 cm³/mol. The van der Waals surface area contributed by atoms with Crippen LogP contribution in [0.5, 0.6) is 0 Å². The summed E-state index contributed by atoms with van der Waals surface area (Å²) in [5.41, 5.74) is 3.89. The van der Waals surface area contributed by atoms with E-state index in [0.29, 0.717) is 0 Å². The topological polar surface area (TPSA) is 3.88 Å². The van der Waals surface area contributed by atoms with E-state index in [1.165, 1.54) is 38.4 Å². The Balaban J connectivity index is 2.17. The number of fused-ring (bicyclic) bond motifs is 3. The van der Waals surface area contributed by atoms with E-state index in [2.05, 4.69) is 91.5 Å². The van der Waals surface area contributed by atoms with Gasteiger partial charge < -0.3 is 0 Å². The van der Waals surface area contributed by atoms with Gasteiger partial charge in [-0.2, -0.15) is 0 Å². The molecule has 4 rings (SSSR count). The van der Waals surface area contributed by atoms with Crippen LogP contribution in [0.2, 0.25) is 0 Å². The highest BCUT2D eigenvalue weighted by Crippen LogP contribution is 2.34. The number of aryl methyl sites for hydroxylation is 2. The summed E-state index contributed by atoms with van der Waals surface area (Å²) in [4.78, 5) is 0. The van der Waals surface area contributed by atoms with Crippen LogP contribution in [-0.4, -0.2) is 0 Å². The molecular weight excluding hydrogens is 266 g/mol. The van der Waals surface area contributed by atoms with Gasteiger partial charge in [-0.25, -0.2) is 4.57 Å². The van der Waals surface area contributed by atoms with Gasteiger partial charge in [0.05, 0.1) is 5.56 Å². The van der Waals surface area contributed by atoms with Gasteiger partial charge in [-0.3, -0.25) is 0 Å². The van der Waals surface area contributed by atoms with Gasteiger partial charge in [0.25, 0.3) is 0 Å². The molecule has 0 saturated carbocycles. The first-order chi connectivity index (χ1) is 10.8. The zero-order chi connectivity index (χ0) is 15.1. The van der Waals surface area contributed by atoms with Gasteiger partial charge in [-0.05, 0) is 40.1 Å². The third kappa shape index (κ3) is 1.90. The molecule has 3 aromatic carbocycles. The lowest BCUT2D eigenvalue weighted by Crippen LogP contribution is -2.30. The maximum atomic E-state index is 2.26. The summed E-state index contributed by atoms with van der Waals surface area (Å²) in [5.74, 6) is 0. The lowest BCUT2D eigenvalue weighted by Gasteiger charge is -2.11. The highest BCUT2D eigenvalue weighted by molar-refractivity contribution is 6.12. The van der Waals surface area contributed by atoms with Crippen molar-refractivity contribution >= 4 is 21.5 Å². The predicted octanol–water partition coefficient (Wildman–Crippen LogP) is 4.79. The molecule has 0 amide bonds. The van der Waals surface area contributed by atoms with Crippen LogP contribution in [-0.2, 0) is 7.05 Å². The summed E-state index contributed by atoms with van der Waals surface area (Å²) in [6, 6.07) is 23.9. The first-order valence-electron chi connectivity index (χ1n) is 7.62. The van der Waals surface area contributed by atoms with Gasteiger partial charge in [0.15, 0.2) is 6.20 Å². The third-order valence-corrected chi connectivity index (χ3v) is 4.45. The van der Waals surface area contributed by atoms with Crippen molar-refractivity contribution in [3.05, 3.63) is 78.5 Å². The maximum Gasteiger partial charge on any atom is 0.213 e. The standard InChI is InChI=1S/C21H18N/c1-15-10-12-18-17-8-4-3-7-16(17)11-13-19(18)21(15)20-9-5-6-14-22(20)2/h3-14H,1-2H3/q+1. The smallest absolute Gasteiger partial charge is 0.201 e. The van der Waals surface area contributed by atoms with Crippen molar-refractivity contribution < 1.29 is 4.57 Å². The van der Waals surface area contributed by atoms with Crippen LogP contribution >= 0.6 is 0 Å². The largest absolute Gasteiger partial charge is 0.213 e. The molecule has 0 aliphatic rings. The Morgan fingerprint density at radius 3 is 2.32 bits per heavy atom. The summed E-state index contributed by atoms with van der Waals surface area (Å²) in [6.45, 7) is 2.19. The fourth-order valence-corrected chi connectivity index (χ4v) is 3.32. The molecule has 0 aliphatic heterocycles. The van der Waals surface area contributed by atoms with Crippen LogP contribution in [0.1, 0.15) is 5.56 Å². The minimum absolute atomic E-state index is 1.25. The molecular formula is C21H18N+. The SMILES string of the molecule is Cc1ccc2c(ccc3ccccc32)c1-c1cccc[n+]1C. The number of pyridine rings is 1. The lowest BCUT2D eigenvalue weighted by atomic mass is 9.93. The van der Waals surface area contributed by atoms with Crippen molar-refractivity contribution in [2.24, 2.45) is 7.05 Å². The van der Waals surface area contributed by atoms with Gasteiger partial charge in [-0.1, -0.05) is 48.5 Å². The highest BCUT2D eigenvalue weighted by atomic mass is 14.9. The van der Waals surface area contributed by atoms with E-state index >= 15 is 0 Å². The van der Waals surface area contributed by atoms with Crippen LogP contribution in [0.15, 0.2) is 72.9 Å².